The summed E-state index contributed by atoms with van der Waals surface area (Å²) in [4.78, 5) is 10.8. The molecule has 0 saturated carbocycles. The van der Waals surface area contributed by atoms with E-state index in [-0.39, 0.29) is 11.5 Å². The number of hydrogen-bond donors (Lipinski definition) is 0. The van der Waals surface area contributed by atoms with Gasteiger partial charge >= 0.3 is 0 Å². The van der Waals surface area contributed by atoms with E-state index in [1.165, 1.54) is 25.7 Å². The monoisotopic (exact) mass is 261 g/mol. The maximum Gasteiger partial charge on any atom is 0.142 e. The summed E-state index contributed by atoms with van der Waals surface area (Å²) in [7, 11) is 0. The van der Waals surface area contributed by atoms with Gasteiger partial charge in [0.05, 0.1) is 11.5 Å². The molecule has 92 valence electrons. The third-order valence-corrected chi connectivity index (χ3v) is 4.28. The minimum atomic E-state index is -0.136. The molecule has 0 aliphatic carbocycles. The summed E-state index contributed by atoms with van der Waals surface area (Å²) < 4.78 is 1.97. The molecule has 0 amide bonds. The number of hydrogen-bond acceptors (Lipinski definition) is 3. The van der Waals surface area contributed by atoms with Gasteiger partial charge in [-0.05, 0) is 23.8 Å². The van der Waals surface area contributed by atoms with Gasteiger partial charge in [0.1, 0.15) is 6.29 Å². The largest absolute Gasteiger partial charge is 0.301 e. The first kappa shape index (κ1) is 14.1. The van der Waals surface area contributed by atoms with Crippen molar-refractivity contribution in [1.82, 2.24) is 4.31 Å². The zero-order chi connectivity index (χ0) is 11.8. The molecule has 0 fully saturated rings. The zero-order valence-corrected chi connectivity index (χ0v) is 11.3. The van der Waals surface area contributed by atoms with E-state index in [0.29, 0.717) is 0 Å². The summed E-state index contributed by atoms with van der Waals surface area (Å²) in [6.45, 7) is 2.21. The smallest absolute Gasteiger partial charge is 0.142 e. The lowest BCUT2D eigenvalue weighted by Crippen LogP contribution is -2.32. The second kappa shape index (κ2) is 8.15. The zero-order valence-electron chi connectivity index (χ0n) is 9.77. The molecule has 0 aromatic carbocycles. The van der Waals surface area contributed by atoms with Crippen LogP contribution in [0.3, 0.4) is 0 Å². The van der Waals surface area contributed by atoms with Gasteiger partial charge in [-0.3, -0.25) is 0 Å². The Morgan fingerprint density at radius 2 is 2.19 bits per heavy atom. The molecule has 2 unspecified atom stereocenters. The number of unbranched alkanes of at least 4 members (excludes halogenated alkanes) is 4. The molecule has 2 nitrogen and oxygen atoms in total. The predicted molar refractivity (Wildman–Crippen MR) is 71.4 cm³/mol. The quantitative estimate of drug-likeness (QED) is 0.217. The molecule has 0 N–H and O–H groups in total. The van der Waals surface area contributed by atoms with Crippen LogP contribution in [-0.4, -0.2) is 22.1 Å². The van der Waals surface area contributed by atoms with Crippen LogP contribution < -0.4 is 0 Å². The van der Waals surface area contributed by atoms with E-state index in [0.717, 1.165) is 19.1 Å². The van der Waals surface area contributed by atoms with Crippen LogP contribution in [0.1, 0.15) is 45.4 Å². The molecule has 2 atom stereocenters. The maximum atomic E-state index is 10.8. The Bertz CT molecular complexity index is 235. The van der Waals surface area contributed by atoms with Crippen molar-refractivity contribution >= 4 is 29.8 Å². The molecule has 1 rings (SSSR count). The van der Waals surface area contributed by atoms with Crippen LogP contribution in [0.25, 0.3) is 0 Å². The van der Waals surface area contributed by atoms with Gasteiger partial charge in [-0.2, -0.15) is 0 Å². The fourth-order valence-electron chi connectivity index (χ4n) is 1.74. The van der Waals surface area contributed by atoms with Crippen molar-refractivity contribution in [2.75, 3.05) is 0 Å². The van der Waals surface area contributed by atoms with E-state index >= 15 is 0 Å². The van der Waals surface area contributed by atoms with Crippen molar-refractivity contribution in [2.24, 2.45) is 0 Å². The van der Waals surface area contributed by atoms with E-state index in [9.17, 15) is 4.79 Å². The van der Waals surface area contributed by atoms with Gasteiger partial charge in [-0.15, -0.1) is 11.6 Å². The molecular formula is C12H20ClNOS. The molecule has 0 aromatic heterocycles. The van der Waals surface area contributed by atoms with Gasteiger partial charge < -0.3 is 4.79 Å². The minimum absolute atomic E-state index is 0.0307. The number of rotatable bonds is 8. The second-order valence-electron chi connectivity index (χ2n) is 4.06. The van der Waals surface area contributed by atoms with Gasteiger partial charge in [0.25, 0.3) is 0 Å². The fraction of sp³-hybridized carbons (Fsp3) is 0.750. The van der Waals surface area contributed by atoms with Crippen molar-refractivity contribution in [1.29, 1.82) is 0 Å². The highest BCUT2D eigenvalue weighted by Crippen LogP contribution is 2.30. The Morgan fingerprint density at radius 3 is 2.88 bits per heavy atom. The number of alkyl halides is 1. The van der Waals surface area contributed by atoms with Crippen LogP contribution >= 0.6 is 23.5 Å². The summed E-state index contributed by atoms with van der Waals surface area (Å²) in [5.74, 6) is 0. The third kappa shape index (κ3) is 4.48. The number of carbonyl (C=O) groups is 1. The predicted octanol–water partition coefficient (Wildman–Crippen LogP) is 3.96. The lowest BCUT2D eigenvalue weighted by Gasteiger charge is -2.24. The first-order chi connectivity index (χ1) is 7.79. The van der Waals surface area contributed by atoms with Crippen LogP contribution in [0.5, 0.6) is 0 Å². The normalized spacial score (nSPS) is 22.5. The summed E-state index contributed by atoms with van der Waals surface area (Å²) >= 11 is 7.82. The molecule has 0 bridgehead atoms. The van der Waals surface area contributed by atoms with Crippen LogP contribution in [-0.2, 0) is 4.79 Å². The first-order valence-electron chi connectivity index (χ1n) is 6.00. The standard InChI is InChI=1S/C12H20ClNOS/c1-2-3-4-5-6-7-12(13)14-11(10-15)8-9-16-14/h8-12H,2-7H2,1H3. The molecule has 4 heteroatoms. The molecule has 0 saturated heterocycles. The van der Waals surface area contributed by atoms with Crippen molar-refractivity contribution < 1.29 is 4.79 Å². The Balaban J connectivity index is 2.14. The summed E-state index contributed by atoms with van der Waals surface area (Å²) in [5.41, 5.74) is -0.0307. The van der Waals surface area contributed by atoms with E-state index in [1.54, 1.807) is 11.9 Å². The van der Waals surface area contributed by atoms with E-state index < -0.39 is 0 Å². The van der Waals surface area contributed by atoms with E-state index in [2.05, 4.69) is 6.92 Å². The molecule has 16 heavy (non-hydrogen) atoms. The molecule has 1 aliphatic rings. The topological polar surface area (TPSA) is 20.3 Å². The van der Waals surface area contributed by atoms with E-state index in [1.807, 2.05) is 15.8 Å². The van der Waals surface area contributed by atoms with Crippen molar-refractivity contribution in [2.45, 2.75) is 57.0 Å². The Kier molecular flexibility index (Phi) is 7.17. The van der Waals surface area contributed by atoms with Crippen LogP contribution in [0, 0.1) is 0 Å². The van der Waals surface area contributed by atoms with Crippen molar-refractivity contribution in [3.63, 3.8) is 0 Å². The number of carbonyl (C=O) groups excluding carboxylic acids is 1. The first-order valence-corrected chi connectivity index (χ1v) is 7.28. The highest BCUT2D eigenvalue weighted by atomic mass is 35.5. The summed E-state index contributed by atoms with van der Waals surface area (Å²) in [6.07, 6.45) is 10.1. The van der Waals surface area contributed by atoms with Gasteiger partial charge in [0.2, 0.25) is 0 Å². The summed E-state index contributed by atoms with van der Waals surface area (Å²) in [5, 5.41) is 1.94. The Morgan fingerprint density at radius 1 is 1.44 bits per heavy atom. The molecule has 0 spiro atoms. The Hall–Kier alpha value is 0.01000. The molecule has 0 aromatic rings. The van der Waals surface area contributed by atoms with Crippen LogP contribution in [0.2, 0.25) is 0 Å². The maximum absolute atomic E-state index is 10.8. The molecular weight excluding hydrogens is 242 g/mol. The van der Waals surface area contributed by atoms with Crippen LogP contribution in [0.15, 0.2) is 11.5 Å². The molecule has 0 radical (unpaired) electrons. The van der Waals surface area contributed by atoms with Crippen molar-refractivity contribution in [3.8, 4) is 0 Å². The SMILES string of the molecule is CCCCCCCC(Cl)N1SC=CC1C=O. The molecule has 1 aliphatic heterocycles. The third-order valence-electron chi connectivity index (χ3n) is 2.71. The van der Waals surface area contributed by atoms with Gasteiger partial charge in [-0.25, -0.2) is 4.31 Å². The lowest BCUT2D eigenvalue weighted by atomic mass is 10.1. The van der Waals surface area contributed by atoms with Gasteiger partial charge in [0, 0.05) is 0 Å². The second-order valence-corrected chi connectivity index (χ2v) is 5.47. The van der Waals surface area contributed by atoms with Crippen molar-refractivity contribution in [3.05, 3.63) is 11.5 Å². The number of halogens is 1. The Labute approximate surface area is 108 Å². The van der Waals surface area contributed by atoms with Gasteiger partial charge in [0.15, 0.2) is 0 Å². The van der Waals surface area contributed by atoms with E-state index in [4.69, 9.17) is 11.6 Å². The number of aldehydes is 1. The van der Waals surface area contributed by atoms with Crippen LogP contribution in [0.4, 0.5) is 0 Å². The molecule has 1 heterocycles. The summed E-state index contributed by atoms with van der Waals surface area (Å²) in [6, 6.07) is -0.136. The van der Waals surface area contributed by atoms with Gasteiger partial charge in [-0.1, -0.05) is 45.1 Å². The average molecular weight is 262 g/mol. The highest BCUT2D eigenvalue weighted by Gasteiger charge is 2.26. The highest BCUT2D eigenvalue weighted by molar-refractivity contribution is 8.00. The minimum Gasteiger partial charge on any atom is -0.301 e. The average Bonchev–Trinajstić information content (AvgIpc) is 2.76. The number of nitrogens with zero attached hydrogens (tertiary/aromatic N) is 1. The fourth-order valence-corrected chi connectivity index (χ4v) is 3.03. The lowest BCUT2D eigenvalue weighted by molar-refractivity contribution is -0.109.